The van der Waals surface area contributed by atoms with Crippen LogP contribution >= 0.6 is 11.6 Å². The van der Waals surface area contributed by atoms with Crippen LogP contribution in [0.3, 0.4) is 0 Å². The van der Waals surface area contributed by atoms with E-state index in [0.29, 0.717) is 13.1 Å². The van der Waals surface area contributed by atoms with Crippen LogP contribution in [-0.2, 0) is 26.1 Å². The Morgan fingerprint density at radius 1 is 1.37 bits per heavy atom. The van der Waals surface area contributed by atoms with E-state index in [4.69, 9.17) is 16.1 Å². The van der Waals surface area contributed by atoms with E-state index < -0.39 is 0 Å². The lowest BCUT2D eigenvalue weighted by Crippen LogP contribution is -2.16. The minimum absolute atomic E-state index is 0.657. The summed E-state index contributed by atoms with van der Waals surface area (Å²) in [5.41, 5.74) is 2.88. The number of hydrogen-bond acceptors (Lipinski definition) is 4. The summed E-state index contributed by atoms with van der Waals surface area (Å²) in [7, 11) is 0. The van der Waals surface area contributed by atoms with Gasteiger partial charge in [-0.1, -0.05) is 23.7 Å². The number of aryl methyl sites for hydroxylation is 3. The summed E-state index contributed by atoms with van der Waals surface area (Å²) >= 11 is 6.34. The molecule has 2 rings (SSSR count). The van der Waals surface area contributed by atoms with Gasteiger partial charge in [-0.2, -0.15) is 5.10 Å². The highest BCUT2D eigenvalue weighted by molar-refractivity contribution is 6.31. The van der Waals surface area contributed by atoms with E-state index >= 15 is 0 Å². The summed E-state index contributed by atoms with van der Waals surface area (Å²) in [5.74, 6) is 0.821. The molecule has 0 unspecified atom stereocenters. The van der Waals surface area contributed by atoms with Crippen LogP contribution in [0.1, 0.15) is 36.7 Å². The average Bonchev–Trinajstić information content (AvgIpc) is 2.94. The summed E-state index contributed by atoms with van der Waals surface area (Å²) in [4.78, 5) is 0. The van der Waals surface area contributed by atoms with Crippen LogP contribution in [0, 0.1) is 6.92 Å². The van der Waals surface area contributed by atoms with Crippen LogP contribution in [0.5, 0.6) is 0 Å². The van der Waals surface area contributed by atoms with Gasteiger partial charge in [0.05, 0.1) is 22.1 Å². The Morgan fingerprint density at radius 3 is 2.74 bits per heavy atom. The van der Waals surface area contributed by atoms with Crippen LogP contribution in [0.25, 0.3) is 0 Å². The Kier molecular flexibility index (Phi) is 4.61. The zero-order valence-electron chi connectivity index (χ0n) is 11.5. The molecule has 0 aliphatic rings. The first-order valence-electron chi connectivity index (χ1n) is 6.52. The molecule has 0 amide bonds. The van der Waals surface area contributed by atoms with E-state index in [-0.39, 0.29) is 0 Å². The predicted octanol–water partition coefficient (Wildman–Crippen LogP) is 2.71. The molecule has 0 radical (unpaired) electrons. The minimum Gasteiger partial charge on any atom is -0.361 e. The first-order valence-corrected chi connectivity index (χ1v) is 6.90. The molecular formula is C13H19ClN4O. The van der Waals surface area contributed by atoms with Crippen molar-refractivity contribution in [3.8, 4) is 0 Å². The Labute approximate surface area is 117 Å². The first kappa shape index (κ1) is 14.1. The maximum Gasteiger partial charge on any atom is 0.133 e. The van der Waals surface area contributed by atoms with E-state index in [1.54, 1.807) is 0 Å². The quantitative estimate of drug-likeness (QED) is 0.885. The van der Waals surface area contributed by atoms with E-state index in [2.05, 4.69) is 29.4 Å². The van der Waals surface area contributed by atoms with Crippen molar-refractivity contribution in [3.05, 3.63) is 33.9 Å². The number of rotatable bonds is 6. The number of halogens is 1. The van der Waals surface area contributed by atoms with Crippen LogP contribution in [0.2, 0.25) is 5.02 Å². The molecule has 0 aliphatic carbocycles. The molecule has 0 fully saturated rings. The van der Waals surface area contributed by atoms with Crippen molar-refractivity contribution in [2.24, 2.45) is 0 Å². The standard InChI is InChI=1S/C13H19ClN4O/c1-4-11-13(14)12(18(5-2)16-11)8-15-7-10-6-9(3)19-17-10/h6,15H,4-5,7-8H2,1-3H3. The number of nitrogens with one attached hydrogen (secondary N) is 1. The summed E-state index contributed by atoms with van der Waals surface area (Å²) in [5, 5.41) is 12.5. The van der Waals surface area contributed by atoms with Gasteiger partial charge in [0.1, 0.15) is 5.76 Å². The summed E-state index contributed by atoms with van der Waals surface area (Å²) in [6.07, 6.45) is 0.849. The van der Waals surface area contributed by atoms with Crippen LogP contribution in [0.15, 0.2) is 10.6 Å². The molecule has 2 heterocycles. The van der Waals surface area contributed by atoms with Gasteiger partial charge in [-0.3, -0.25) is 4.68 Å². The molecule has 0 aliphatic heterocycles. The van der Waals surface area contributed by atoms with Gasteiger partial charge in [0, 0.05) is 25.7 Å². The second-order valence-corrected chi connectivity index (χ2v) is 4.79. The smallest absolute Gasteiger partial charge is 0.133 e. The lowest BCUT2D eigenvalue weighted by molar-refractivity contribution is 0.388. The fourth-order valence-electron chi connectivity index (χ4n) is 2.00. The van der Waals surface area contributed by atoms with Crippen molar-refractivity contribution >= 4 is 11.6 Å². The molecule has 19 heavy (non-hydrogen) atoms. The third-order valence-electron chi connectivity index (χ3n) is 2.97. The Morgan fingerprint density at radius 2 is 2.16 bits per heavy atom. The molecule has 0 atom stereocenters. The summed E-state index contributed by atoms with van der Waals surface area (Å²) in [6, 6.07) is 1.92. The zero-order chi connectivity index (χ0) is 13.8. The third kappa shape index (κ3) is 3.16. The lowest BCUT2D eigenvalue weighted by atomic mass is 10.3. The van der Waals surface area contributed by atoms with E-state index in [0.717, 1.165) is 40.8 Å². The fraction of sp³-hybridized carbons (Fsp3) is 0.538. The Bertz CT molecular complexity index is 547. The summed E-state index contributed by atoms with van der Waals surface area (Å²) in [6.45, 7) is 8.15. The van der Waals surface area contributed by atoms with Crippen LogP contribution in [0.4, 0.5) is 0 Å². The minimum atomic E-state index is 0.657. The highest BCUT2D eigenvalue weighted by atomic mass is 35.5. The van der Waals surface area contributed by atoms with E-state index in [9.17, 15) is 0 Å². The topological polar surface area (TPSA) is 55.9 Å². The zero-order valence-corrected chi connectivity index (χ0v) is 12.3. The maximum atomic E-state index is 6.34. The van der Waals surface area contributed by atoms with E-state index in [1.807, 2.05) is 17.7 Å². The monoisotopic (exact) mass is 282 g/mol. The molecule has 1 N–H and O–H groups in total. The van der Waals surface area contributed by atoms with Gasteiger partial charge in [0.2, 0.25) is 0 Å². The van der Waals surface area contributed by atoms with Gasteiger partial charge >= 0.3 is 0 Å². The second-order valence-electron chi connectivity index (χ2n) is 4.41. The van der Waals surface area contributed by atoms with Crippen molar-refractivity contribution in [2.45, 2.75) is 46.8 Å². The molecule has 0 bridgehead atoms. The highest BCUT2D eigenvalue weighted by Crippen LogP contribution is 2.21. The molecule has 0 saturated carbocycles. The van der Waals surface area contributed by atoms with Gasteiger partial charge < -0.3 is 9.84 Å². The third-order valence-corrected chi connectivity index (χ3v) is 3.41. The van der Waals surface area contributed by atoms with Crippen molar-refractivity contribution < 1.29 is 4.52 Å². The molecule has 2 aromatic rings. The fourth-order valence-corrected chi connectivity index (χ4v) is 2.33. The first-order chi connectivity index (χ1) is 9.15. The normalized spacial score (nSPS) is 11.2. The molecule has 104 valence electrons. The maximum absolute atomic E-state index is 6.34. The molecule has 0 aromatic carbocycles. The number of aromatic nitrogens is 3. The summed E-state index contributed by atoms with van der Waals surface area (Å²) < 4.78 is 6.97. The van der Waals surface area contributed by atoms with Crippen molar-refractivity contribution in [1.29, 1.82) is 0 Å². The molecule has 6 heteroatoms. The van der Waals surface area contributed by atoms with Crippen LogP contribution < -0.4 is 5.32 Å². The van der Waals surface area contributed by atoms with Gasteiger partial charge in [0.25, 0.3) is 0 Å². The molecular weight excluding hydrogens is 264 g/mol. The van der Waals surface area contributed by atoms with Crippen molar-refractivity contribution in [1.82, 2.24) is 20.3 Å². The average molecular weight is 283 g/mol. The second kappa shape index (κ2) is 6.21. The lowest BCUT2D eigenvalue weighted by Gasteiger charge is -2.06. The predicted molar refractivity (Wildman–Crippen MR) is 74.1 cm³/mol. The van der Waals surface area contributed by atoms with Gasteiger partial charge in [-0.15, -0.1) is 0 Å². The van der Waals surface area contributed by atoms with Gasteiger partial charge in [-0.05, 0) is 20.3 Å². The van der Waals surface area contributed by atoms with Crippen molar-refractivity contribution in [2.75, 3.05) is 0 Å². The number of hydrogen-bond donors (Lipinski definition) is 1. The Hall–Kier alpha value is -1.33. The molecule has 5 nitrogen and oxygen atoms in total. The van der Waals surface area contributed by atoms with Gasteiger partial charge in [-0.25, -0.2) is 0 Å². The Balaban J connectivity index is 2.00. The van der Waals surface area contributed by atoms with E-state index in [1.165, 1.54) is 0 Å². The largest absolute Gasteiger partial charge is 0.361 e. The highest BCUT2D eigenvalue weighted by Gasteiger charge is 2.13. The number of nitrogens with zero attached hydrogens (tertiary/aromatic N) is 3. The van der Waals surface area contributed by atoms with Crippen LogP contribution in [-0.4, -0.2) is 14.9 Å². The van der Waals surface area contributed by atoms with Crippen molar-refractivity contribution in [3.63, 3.8) is 0 Å². The SMILES string of the molecule is CCc1nn(CC)c(CNCc2cc(C)on2)c1Cl. The molecule has 2 aromatic heterocycles. The van der Waals surface area contributed by atoms with Gasteiger partial charge in [0.15, 0.2) is 0 Å². The molecule has 0 spiro atoms. The molecule has 0 saturated heterocycles.